The van der Waals surface area contributed by atoms with Crippen molar-refractivity contribution in [3.8, 4) is 5.75 Å². The Labute approximate surface area is 161 Å². The number of carbonyl (C=O) groups is 3. The van der Waals surface area contributed by atoms with Crippen molar-refractivity contribution in [1.29, 1.82) is 0 Å². The molecule has 0 fully saturated rings. The molecule has 1 amide bonds. The second kappa shape index (κ2) is 10.2. The zero-order valence-electron chi connectivity index (χ0n) is 14.9. The van der Waals surface area contributed by atoms with Gasteiger partial charge >= 0.3 is 11.9 Å². The summed E-state index contributed by atoms with van der Waals surface area (Å²) < 4.78 is 14.6. The van der Waals surface area contributed by atoms with Crippen molar-refractivity contribution >= 4 is 41.0 Å². The molecule has 1 aromatic rings. The largest absolute Gasteiger partial charge is 0.494 e. The van der Waals surface area contributed by atoms with Gasteiger partial charge in [0.15, 0.2) is 12.4 Å². The maximum absolute atomic E-state index is 12.1. The minimum absolute atomic E-state index is 0.0695. The third kappa shape index (κ3) is 5.78. The Balaban J connectivity index is 2.72. The molecule has 144 valence electrons. The Morgan fingerprint density at radius 1 is 1.15 bits per heavy atom. The molecule has 1 rings (SSSR count). The number of carbonyl (C=O) groups excluding carboxylic acids is 3. The molecular weight excluding hydrogens is 385 g/mol. The van der Waals surface area contributed by atoms with Crippen molar-refractivity contribution in [3.63, 3.8) is 0 Å². The van der Waals surface area contributed by atoms with E-state index < -0.39 is 30.5 Å². The first kappa shape index (κ1) is 22.1. The molecule has 2 atom stereocenters. The highest BCUT2D eigenvalue weighted by atomic mass is 35.5. The van der Waals surface area contributed by atoms with Gasteiger partial charge in [-0.15, -0.1) is 0 Å². The lowest BCUT2D eigenvalue weighted by Crippen LogP contribution is -2.47. The molecule has 0 saturated carbocycles. The van der Waals surface area contributed by atoms with Crippen LogP contribution in [0.4, 0.5) is 0 Å². The van der Waals surface area contributed by atoms with Gasteiger partial charge in [-0.2, -0.15) is 0 Å². The first-order valence-corrected chi connectivity index (χ1v) is 8.58. The van der Waals surface area contributed by atoms with Crippen LogP contribution in [0.2, 0.25) is 10.0 Å². The van der Waals surface area contributed by atoms with Crippen LogP contribution < -0.4 is 10.1 Å². The van der Waals surface area contributed by atoms with Crippen molar-refractivity contribution in [2.75, 3.05) is 20.8 Å². The van der Waals surface area contributed by atoms with Crippen LogP contribution in [-0.2, 0) is 19.1 Å². The van der Waals surface area contributed by atoms with E-state index in [9.17, 15) is 14.4 Å². The van der Waals surface area contributed by atoms with Crippen LogP contribution in [0.25, 0.3) is 0 Å². The van der Waals surface area contributed by atoms with Crippen LogP contribution in [0.1, 0.15) is 30.6 Å². The molecule has 0 radical (unpaired) electrons. The Morgan fingerprint density at radius 3 is 2.19 bits per heavy atom. The van der Waals surface area contributed by atoms with Gasteiger partial charge in [-0.25, -0.2) is 9.59 Å². The Morgan fingerprint density at radius 2 is 1.73 bits per heavy atom. The lowest BCUT2D eigenvalue weighted by atomic mass is 9.99. The molecule has 26 heavy (non-hydrogen) atoms. The lowest BCUT2D eigenvalue weighted by Gasteiger charge is -2.21. The van der Waals surface area contributed by atoms with E-state index in [1.807, 2.05) is 6.92 Å². The Hall–Kier alpha value is -1.99. The van der Waals surface area contributed by atoms with Crippen LogP contribution in [0.5, 0.6) is 5.75 Å². The average Bonchev–Trinajstić information content (AvgIpc) is 2.62. The normalized spacial score (nSPS) is 12.7. The quantitative estimate of drug-likeness (QED) is 0.668. The highest BCUT2D eigenvalue weighted by Gasteiger charge is 2.27. The maximum atomic E-state index is 12.1. The number of hydrogen-bond acceptors (Lipinski definition) is 6. The molecule has 0 heterocycles. The number of hydrogen-bond donors (Lipinski definition) is 1. The zero-order valence-corrected chi connectivity index (χ0v) is 16.4. The fourth-order valence-electron chi connectivity index (χ4n) is 2.10. The number of nitrogens with one attached hydrogen (secondary N) is 1. The standard InChI is InChI=1S/C17H21Cl2NO6/c1-5-9(2)14(17(23)25-4)20-13(21)8-26-16(22)10-6-11(18)15(24-3)12(19)7-10/h6-7,9,14H,5,8H2,1-4H3,(H,20,21)/t9-,14-/m0/s1. The molecular formula is C17H21Cl2NO6. The van der Waals surface area contributed by atoms with E-state index in [0.29, 0.717) is 6.42 Å². The van der Waals surface area contributed by atoms with Crippen LogP contribution in [0.15, 0.2) is 12.1 Å². The predicted octanol–water partition coefficient (Wildman–Crippen LogP) is 2.86. The number of halogens is 2. The van der Waals surface area contributed by atoms with Crippen LogP contribution in [0.3, 0.4) is 0 Å². The maximum Gasteiger partial charge on any atom is 0.338 e. The highest BCUT2D eigenvalue weighted by Crippen LogP contribution is 2.33. The van der Waals surface area contributed by atoms with Gasteiger partial charge in [0.25, 0.3) is 5.91 Å². The van der Waals surface area contributed by atoms with Crippen LogP contribution >= 0.6 is 23.2 Å². The van der Waals surface area contributed by atoms with Gasteiger partial charge < -0.3 is 19.5 Å². The van der Waals surface area contributed by atoms with E-state index in [4.69, 9.17) is 32.7 Å². The third-order valence-electron chi connectivity index (χ3n) is 3.76. The smallest absolute Gasteiger partial charge is 0.338 e. The van der Waals surface area contributed by atoms with Crippen molar-refractivity contribution in [1.82, 2.24) is 5.32 Å². The molecule has 1 N–H and O–H groups in total. The van der Waals surface area contributed by atoms with Gasteiger partial charge in [0.2, 0.25) is 0 Å². The molecule has 0 aromatic heterocycles. The number of ether oxygens (including phenoxy) is 3. The molecule has 0 saturated heterocycles. The number of benzene rings is 1. The summed E-state index contributed by atoms with van der Waals surface area (Å²) in [7, 11) is 2.63. The minimum atomic E-state index is -0.818. The van der Waals surface area contributed by atoms with E-state index in [1.54, 1.807) is 6.92 Å². The van der Waals surface area contributed by atoms with Gasteiger partial charge in [0.1, 0.15) is 6.04 Å². The van der Waals surface area contributed by atoms with Crippen molar-refractivity contribution in [2.24, 2.45) is 5.92 Å². The van der Waals surface area contributed by atoms with Gasteiger partial charge in [-0.3, -0.25) is 4.79 Å². The van der Waals surface area contributed by atoms with E-state index in [1.165, 1.54) is 26.4 Å². The zero-order chi connectivity index (χ0) is 19.9. The van der Waals surface area contributed by atoms with Crippen LogP contribution in [0, 0.1) is 5.92 Å². The number of amides is 1. The summed E-state index contributed by atoms with van der Waals surface area (Å²) in [4.78, 5) is 35.8. The molecule has 0 spiro atoms. The molecule has 0 unspecified atom stereocenters. The van der Waals surface area contributed by atoms with Crippen LogP contribution in [-0.4, -0.2) is 44.7 Å². The predicted molar refractivity (Wildman–Crippen MR) is 96.7 cm³/mol. The third-order valence-corrected chi connectivity index (χ3v) is 4.32. The summed E-state index contributed by atoms with van der Waals surface area (Å²) in [5.41, 5.74) is 0.0695. The molecule has 7 nitrogen and oxygen atoms in total. The summed E-state index contributed by atoms with van der Waals surface area (Å²) in [6, 6.07) is 1.83. The summed E-state index contributed by atoms with van der Waals surface area (Å²) in [5, 5.41) is 2.78. The highest BCUT2D eigenvalue weighted by molar-refractivity contribution is 6.37. The second-order valence-corrected chi connectivity index (χ2v) is 6.32. The molecule has 0 bridgehead atoms. The first-order valence-electron chi connectivity index (χ1n) is 7.82. The van der Waals surface area contributed by atoms with Crippen molar-refractivity contribution < 1.29 is 28.6 Å². The summed E-state index contributed by atoms with van der Waals surface area (Å²) in [5.74, 6) is -1.88. The molecule has 0 aliphatic heterocycles. The number of esters is 2. The molecule has 9 heteroatoms. The molecule has 1 aromatic carbocycles. The minimum Gasteiger partial charge on any atom is -0.494 e. The monoisotopic (exact) mass is 405 g/mol. The fraction of sp³-hybridized carbons (Fsp3) is 0.471. The lowest BCUT2D eigenvalue weighted by molar-refractivity contribution is -0.147. The second-order valence-electron chi connectivity index (χ2n) is 5.50. The molecule has 0 aliphatic rings. The first-order chi connectivity index (χ1) is 12.2. The average molecular weight is 406 g/mol. The summed E-state index contributed by atoms with van der Waals surface area (Å²) >= 11 is 11.9. The Bertz CT molecular complexity index is 656. The van der Waals surface area contributed by atoms with Gasteiger partial charge in [0, 0.05) is 0 Å². The SMILES string of the molecule is CC[C@H](C)[C@H](NC(=O)COC(=O)c1cc(Cl)c(OC)c(Cl)c1)C(=O)OC. The Kier molecular flexibility index (Phi) is 8.68. The number of rotatable bonds is 8. The molecule has 0 aliphatic carbocycles. The van der Waals surface area contributed by atoms with Gasteiger partial charge in [-0.05, 0) is 18.1 Å². The van der Waals surface area contributed by atoms with Crippen molar-refractivity contribution in [2.45, 2.75) is 26.3 Å². The topological polar surface area (TPSA) is 90.9 Å². The number of methoxy groups -OCH3 is 2. The fourth-order valence-corrected chi connectivity index (χ4v) is 2.74. The summed E-state index contributed by atoms with van der Waals surface area (Å²) in [6.07, 6.45) is 0.655. The van der Waals surface area contributed by atoms with Crippen molar-refractivity contribution in [3.05, 3.63) is 27.7 Å². The van der Waals surface area contributed by atoms with E-state index >= 15 is 0 Å². The van der Waals surface area contributed by atoms with Gasteiger partial charge in [-0.1, -0.05) is 43.5 Å². The van der Waals surface area contributed by atoms with E-state index in [0.717, 1.165) is 0 Å². The van der Waals surface area contributed by atoms with E-state index in [2.05, 4.69) is 10.1 Å². The summed E-state index contributed by atoms with van der Waals surface area (Å²) in [6.45, 7) is 3.11. The van der Waals surface area contributed by atoms with Gasteiger partial charge in [0.05, 0.1) is 29.8 Å². The van der Waals surface area contributed by atoms with E-state index in [-0.39, 0.29) is 27.3 Å².